The van der Waals surface area contributed by atoms with Crippen molar-refractivity contribution in [1.82, 2.24) is 4.90 Å². The first kappa shape index (κ1) is 17.9. The highest BCUT2D eigenvalue weighted by atomic mass is 19.1. The molecule has 0 spiro atoms. The van der Waals surface area contributed by atoms with Crippen molar-refractivity contribution >= 4 is 6.09 Å². The summed E-state index contributed by atoms with van der Waals surface area (Å²) in [6.45, 7) is 1.39. The number of hydrogen-bond donors (Lipinski definition) is 0. The zero-order chi connectivity index (χ0) is 18.4. The zero-order valence-electron chi connectivity index (χ0n) is 14.5. The van der Waals surface area contributed by atoms with Crippen molar-refractivity contribution in [2.24, 2.45) is 5.92 Å². The number of carbonyl (C=O) groups excluding carboxylic acids is 1. The van der Waals surface area contributed by atoms with Gasteiger partial charge in [-0.3, -0.25) is 0 Å². The van der Waals surface area contributed by atoms with E-state index < -0.39 is 0 Å². The fourth-order valence-corrected chi connectivity index (χ4v) is 3.35. The van der Waals surface area contributed by atoms with Crippen LogP contribution >= 0.6 is 0 Å². The summed E-state index contributed by atoms with van der Waals surface area (Å²) in [5, 5.41) is 9.54. The largest absolute Gasteiger partial charge is 0.445 e. The molecular formula is C21H21FN2O2. The number of likely N-dealkylation sites (tertiary alicyclic amines) is 1. The topological polar surface area (TPSA) is 53.3 Å². The third-order valence-electron chi connectivity index (χ3n) is 4.84. The van der Waals surface area contributed by atoms with Gasteiger partial charge in [0.25, 0.3) is 0 Å². The van der Waals surface area contributed by atoms with E-state index in [4.69, 9.17) is 4.74 Å². The average molecular weight is 352 g/mol. The highest BCUT2D eigenvalue weighted by molar-refractivity contribution is 5.67. The van der Waals surface area contributed by atoms with E-state index in [9.17, 15) is 14.4 Å². The van der Waals surface area contributed by atoms with Crippen molar-refractivity contribution in [3.05, 3.63) is 71.5 Å². The average Bonchev–Trinajstić information content (AvgIpc) is 2.69. The lowest BCUT2D eigenvalue weighted by molar-refractivity contribution is 0.0812. The normalized spacial score (nSPS) is 15.9. The molecule has 1 saturated heterocycles. The van der Waals surface area contributed by atoms with E-state index in [2.05, 4.69) is 6.07 Å². The highest BCUT2D eigenvalue weighted by Crippen LogP contribution is 2.32. The molecule has 1 aliphatic rings. The molecule has 1 heterocycles. The van der Waals surface area contributed by atoms with Gasteiger partial charge in [0.05, 0.1) is 12.0 Å². The molecule has 1 fully saturated rings. The number of hydrogen-bond acceptors (Lipinski definition) is 3. The van der Waals surface area contributed by atoms with Gasteiger partial charge in [0.2, 0.25) is 0 Å². The van der Waals surface area contributed by atoms with Gasteiger partial charge < -0.3 is 9.64 Å². The number of carbonyl (C=O) groups is 1. The Morgan fingerprint density at radius 3 is 2.42 bits per heavy atom. The van der Waals surface area contributed by atoms with Crippen molar-refractivity contribution in [2.75, 3.05) is 13.1 Å². The Labute approximate surface area is 152 Å². The third-order valence-corrected chi connectivity index (χ3v) is 4.84. The summed E-state index contributed by atoms with van der Waals surface area (Å²) >= 11 is 0. The van der Waals surface area contributed by atoms with Crippen molar-refractivity contribution in [2.45, 2.75) is 25.4 Å². The van der Waals surface area contributed by atoms with E-state index in [1.807, 2.05) is 30.3 Å². The number of nitriles is 1. The molecular weight excluding hydrogens is 331 g/mol. The summed E-state index contributed by atoms with van der Waals surface area (Å²) < 4.78 is 18.5. The van der Waals surface area contributed by atoms with Crippen LogP contribution in [0.1, 0.15) is 29.9 Å². The van der Waals surface area contributed by atoms with Gasteiger partial charge in [-0.2, -0.15) is 5.26 Å². The lowest BCUT2D eigenvalue weighted by Gasteiger charge is -2.33. The van der Waals surface area contributed by atoms with Gasteiger partial charge in [-0.05, 0) is 42.0 Å². The predicted octanol–water partition coefficient (Wildman–Crippen LogP) is 4.48. The molecule has 0 aliphatic carbocycles. The number of halogens is 1. The predicted molar refractivity (Wildman–Crippen MR) is 95.7 cm³/mol. The number of benzene rings is 2. The summed E-state index contributed by atoms with van der Waals surface area (Å²) in [6, 6.07) is 18.0. The zero-order valence-corrected chi connectivity index (χ0v) is 14.5. The van der Waals surface area contributed by atoms with Crippen molar-refractivity contribution in [1.29, 1.82) is 5.26 Å². The summed E-state index contributed by atoms with van der Waals surface area (Å²) in [5.74, 6) is -0.428. The molecule has 0 bridgehead atoms. The van der Waals surface area contributed by atoms with Crippen LogP contribution in [0.15, 0.2) is 54.6 Å². The van der Waals surface area contributed by atoms with Crippen LogP contribution in [0.5, 0.6) is 0 Å². The van der Waals surface area contributed by atoms with Gasteiger partial charge in [0.15, 0.2) is 0 Å². The van der Waals surface area contributed by atoms with Crippen molar-refractivity contribution in [3.63, 3.8) is 0 Å². The second-order valence-electron chi connectivity index (χ2n) is 6.52. The van der Waals surface area contributed by atoms with Crippen LogP contribution < -0.4 is 0 Å². The molecule has 1 unspecified atom stereocenters. The maximum Gasteiger partial charge on any atom is 0.410 e. The molecule has 1 atom stereocenters. The Hall–Kier alpha value is -2.87. The van der Waals surface area contributed by atoms with E-state index in [1.165, 1.54) is 12.1 Å². The van der Waals surface area contributed by atoms with E-state index >= 15 is 0 Å². The molecule has 2 aromatic rings. The van der Waals surface area contributed by atoms with Crippen LogP contribution in [0.2, 0.25) is 0 Å². The minimum absolute atomic E-state index is 0.156. The number of ether oxygens (including phenoxy) is 1. The molecule has 4 nitrogen and oxygen atoms in total. The van der Waals surface area contributed by atoms with Gasteiger partial charge >= 0.3 is 6.09 Å². The molecule has 5 heteroatoms. The number of nitrogens with zero attached hydrogens (tertiary/aromatic N) is 2. The van der Waals surface area contributed by atoms with Crippen molar-refractivity contribution < 1.29 is 13.9 Å². The minimum Gasteiger partial charge on any atom is -0.445 e. The molecule has 26 heavy (non-hydrogen) atoms. The van der Waals surface area contributed by atoms with Crippen LogP contribution in [-0.4, -0.2) is 24.1 Å². The Morgan fingerprint density at radius 2 is 1.81 bits per heavy atom. The first-order valence-corrected chi connectivity index (χ1v) is 8.78. The standard InChI is InChI=1S/C21H21FN2O2/c22-19-8-6-17(7-9-19)20(14-23)18-10-12-24(13-11-18)21(25)26-15-16-4-2-1-3-5-16/h1-9,18,20H,10-13,15H2. The van der Waals surface area contributed by atoms with E-state index in [0.29, 0.717) is 13.1 Å². The monoisotopic (exact) mass is 352 g/mol. The lowest BCUT2D eigenvalue weighted by Crippen LogP contribution is -2.39. The van der Waals surface area contributed by atoms with E-state index in [0.717, 1.165) is 24.0 Å². The lowest BCUT2D eigenvalue weighted by atomic mass is 9.81. The smallest absolute Gasteiger partial charge is 0.410 e. The summed E-state index contributed by atoms with van der Waals surface area (Å²) in [7, 11) is 0. The SMILES string of the molecule is N#CC(c1ccc(F)cc1)C1CCN(C(=O)OCc2ccccc2)CC1. The summed E-state index contributed by atoms with van der Waals surface area (Å²) in [5.41, 5.74) is 1.79. The second kappa shape index (κ2) is 8.48. The Kier molecular flexibility index (Phi) is 5.85. The Balaban J connectivity index is 1.52. The third kappa shape index (κ3) is 4.40. The fourth-order valence-electron chi connectivity index (χ4n) is 3.35. The number of piperidine rings is 1. The first-order valence-electron chi connectivity index (χ1n) is 8.78. The molecule has 0 aromatic heterocycles. The van der Waals surface area contributed by atoms with Crippen LogP contribution in [0, 0.1) is 23.1 Å². The molecule has 0 radical (unpaired) electrons. The van der Waals surface area contributed by atoms with Crippen LogP contribution in [0.3, 0.4) is 0 Å². The Morgan fingerprint density at radius 1 is 1.15 bits per heavy atom. The van der Waals surface area contributed by atoms with E-state index in [1.54, 1.807) is 17.0 Å². The second-order valence-corrected chi connectivity index (χ2v) is 6.52. The number of rotatable bonds is 4. The number of amides is 1. The highest BCUT2D eigenvalue weighted by Gasteiger charge is 2.30. The van der Waals surface area contributed by atoms with E-state index in [-0.39, 0.29) is 30.4 Å². The molecule has 0 saturated carbocycles. The molecule has 1 aliphatic heterocycles. The van der Waals surface area contributed by atoms with Gasteiger partial charge in [0.1, 0.15) is 12.4 Å². The minimum atomic E-state index is -0.317. The van der Waals surface area contributed by atoms with Gasteiger partial charge in [-0.25, -0.2) is 9.18 Å². The van der Waals surface area contributed by atoms with Gasteiger partial charge in [-0.1, -0.05) is 42.5 Å². The van der Waals surface area contributed by atoms with Gasteiger partial charge in [0, 0.05) is 13.1 Å². The maximum atomic E-state index is 13.1. The maximum absolute atomic E-state index is 13.1. The van der Waals surface area contributed by atoms with Crippen molar-refractivity contribution in [3.8, 4) is 6.07 Å². The molecule has 3 rings (SSSR count). The Bertz CT molecular complexity index is 763. The molecule has 0 N–H and O–H groups in total. The molecule has 2 aromatic carbocycles. The first-order chi connectivity index (χ1) is 12.7. The molecule has 1 amide bonds. The fraction of sp³-hybridized carbons (Fsp3) is 0.333. The van der Waals surface area contributed by atoms with Crippen LogP contribution in [0.4, 0.5) is 9.18 Å². The van der Waals surface area contributed by atoms with Crippen LogP contribution in [0.25, 0.3) is 0 Å². The van der Waals surface area contributed by atoms with Gasteiger partial charge in [-0.15, -0.1) is 0 Å². The summed E-state index contributed by atoms with van der Waals surface area (Å²) in [4.78, 5) is 13.9. The van der Waals surface area contributed by atoms with Crippen LogP contribution in [-0.2, 0) is 11.3 Å². The molecule has 134 valence electrons. The quantitative estimate of drug-likeness (QED) is 0.815. The summed E-state index contributed by atoms with van der Waals surface area (Å²) in [6.07, 6.45) is 1.15.